The second-order valence-electron chi connectivity index (χ2n) is 7.28. The Morgan fingerprint density at radius 3 is 2.62 bits per heavy atom. The van der Waals surface area contributed by atoms with Crippen LogP contribution in [-0.4, -0.2) is 58.6 Å². The van der Waals surface area contributed by atoms with Crippen molar-refractivity contribution in [3.63, 3.8) is 0 Å². The van der Waals surface area contributed by atoms with Crippen LogP contribution in [0, 0.1) is 0 Å². The molecule has 1 saturated heterocycles. The van der Waals surface area contributed by atoms with Crippen molar-refractivity contribution in [1.82, 2.24) is 19.3 Å². The minimum atomic E-state index is -0.225. The Bertz CT molecular complexity index is 1110. The van der Waals surface area contributed by atoms with Gasteiger partial charge in [-0.25, -0.2) is 4.98 Å². The van der Waals surface area contributed by atoms with Crippen LogP contribution in [0.4, 0.5) is 0 Å². The first-order valence-electron chi connectivity index (χ1n) is 10.1. The SMILES string of the molecule is CCC(CC)c1ncc2c(=O)[nH]c3cc(C(=O)N4CCOCC4)c(OC)cc3n12. The summed E-state index contributed by atoms with van der Waals surface area (Å²) in [5.41, 5.74) is 2.06. The van der Waals surface area contributed by atoms with E-state index in [-0.39, 0.29) is 17.4 Å². The number of benzene rings is 1. The number of nitrogens with one attached hydrogen (secondary N) is 1. The number of aromatic nitrogens is 3. The van der Waals surface area contributed by atoms with Crippen molar-refractivity contribution in [1.29, 1.82) is 0 Å². The molecule has 2 aromatic heterocycles. The molecule has 0 unspecified atom stereocenters. The average Bonchev–Trinajstić information content (AvgIpc) is 3.20. The van der Waals surface area contributed by atoms with Crippen LogP contribution in [0.5, 0.6) is 5.75 Å². The first-order chi connectivity index (χ1) is 14.1. The third-order valence-corrected chi connectivity index (χ3v) is 5.71. The van der Waals surface area contributed by atoms with Crippen LogP contribution in [0.2, 0.25) is 0 Å². The van der Waals surface area contributed by atoms with Gasteiger partial charge in [0.1, 0.15) is 17.1 Å². The normalized spacial score (nSPS) is 14.8. The van der Waals surface area contributed by atoms with Gasteiger partial charge in [0, 0.05) is 25.1 Å². The number of methoxy groups -OCH3 is 1. The molecule has 154 valence electrons. The van der Waals surface area contributed by atoms with Gasteiger partial charge in [0.2, 0.25) is 0 Å². The van der Waals surface area contributed by atoms with Crippen molar-refractivity contribution < 1.29 is 14.3 Å². The topological polar surface area (TPSA) is 88.9 Å². The van der Waals surface area contributed by atoms with Crippen molar-refractivity contribution in [2.45, 2.75) is 32.6 Å². The first kappa shape index (κ1) is 19.4. The molecule has 1 aliphatic heterocycles. The molecule has 4 rings (SSSR count). The summed E-state index contributed by atoms with van der Waals surface area (Å²) in [6.07, 6.45) is 3.47. The zero-order valence-corrected chi connectivity index (χ0v) is 17.0. The van der Waals surface area contributed by atoms with E-state index in [1.54, 1.807) is 24.3 Å². The number of H-pyrrole nitrogens is 1. The molecule has 29 heavy (non-hydrogen) atoms. The molecule has 1 amide bonds. The maximum absolute atomic E-state index is 13.1. The molecule has 1 N–H and O–H groups in total. The number of ether oxygens (including phenoxy) is 2. The maximum Gasteiger partial charge on any atom is 0.274 e. The van der Waals surface area contributed by atoms with Crippen LogP contribution in [0.15, 0.2) is 23.1 Å². The number of hydrogen-bond donors (Lipinski definition) is 1. The molecule has 1 aliphatic rings. The van der Waals surface area contributed by atoms with Crippen molar-refractivity contribution >= 4 is 22.5 Å². The summed E-state index contributed by atoms with van der Waals surface area (Å²) in [4.78, 5) is 34.9. The second-order valence-corrected chi connectivity index (χ2v) is 7.28. The summed E-state index contributed by atoms with van der Waals surface area (Å²) < 4.78 is 12.8. The predicted molar refractivity (Wildman–Crippen MR) is 110 cm³/mol. The van der Waals surface area contributed by atoms with Crippen molar-refractivity contribution in [2.24, 2.45) is 0 Å². The number of rotatable bonds is 5. The zero-order valence-electron chi connectivity index (χ0n) is 17.0. The summed E-state index contributed by atoms with van der Waals surface area (Å²) in [7, 11) is 1.55. The number of fused-ring (bicyclic) bond motifs is 3. The summed E-state index contributed by atoms with van der Waals surface area (Å²) in [6, 6.07) is 3.53. The molecule has 8 nitrogen and oxygen atoms in total. The van der Waals surface area contributed by atoms with Gasteiger partial charge in [-0.15, -0.1) is 0 Å². The van der Waals surface area contributed by atoms with E-state index in [4.69, 9.17) is 9.47 Å². The summed E-state index contributed by atoms with van der Waals surface area (Å²) in [5.74, 6) is 1.45. The number of imidazole rings is 1. The lowest BCUT2D eigenvalue weighted by atomic mass is 10.0. The van der Waals surface area contributed by atoms with Gasteiger partial charge in [-0.1, -0.05) is 13.8 Å². The Hall–Kier alpha value is -2.87. The molecule has 0 saturated carbocycles. The number of aromatic amines is 1. The molecule has 1 fully saturated rings. The number of amides is 1. The van der Waals surface area contributed by atoms with E-state index in [0.29, 0.717) is 48.6 Å². The molecule has 0 atom stereocenters. The van der Waals surface area contributed by atoms with E-state index < -0.39 is 0 Å². The van der Waals surface area contributed by atoms with E-state index in [2.05, 4.69) is 23.8 Å². The average molecular weight is 398 g/mol. The minimum absolute atomic E-state index is 0.126. The smallest absolute Gasteiger partial charge is 0.274 e. The number of carbonyl (C=O) groups is 1. The molecule has 0 bridgehead atoms. The molecule has 3 aromatic rings. The Morgan fingerprint density at radius 2 is 1.97 bits per heavy atom. The summed E-state index contributed by atoms with van der Waals surface area (Å²) in [6.45, 7) is 6.35. The fraction of sp³-hybridized carbons (Fsp3) is 0.476. The lowest BCUT2D eigenvalue weighted by molar-refractivity contribution is 0.0301. The van der Waals surface area contributed by atoms with Crippen LogP contribution in [-0.2, 0) is 4.74 Å². The van der Waals surface area contributed by atoms with Gasteiger partial charge in [-0.3, -0.25) is 14.0 Å². The molecule has 0 aliphatic carbocycles. The Morgan fingerprint density at radius 1 is 1.24 bits per heavy atom. The van der Waals surface area contributed by atoms with Crippen LogP contribution < -0.4 is 10.3 Å². The molecular weight excluding hydrogens is 372 g/mol. The van der Waals surface area contributed by atoms with Gasteiger partial charge < -0.3 is 19.4 Å². The van der Waals surface area contributed by atoms with Crippen molar-refractivity contribution in [3.8, 4) is 5.75 Å². The highest BCUT2D eigenvalue weighted by molar-refractivity contribution is 6.00. The molecule has 0 spiro atoms. The van der Waals surface area contributed by atoms with Gasteiger partial charge in [0.15, 0.2) is 0 Å². The van der Waals surface area contributed by atoms with E-state index in [1.807, 2.05) is 10.5 Å². The van der Waals surface area contributed by atoms with Crippen molar-refractivity contribution in [3.05, 3.63) is 40.1 Å². The highest BCUT2D eigenvalue weighted by atomic mass is 16.5. The number of morpholine rings is 1. The lowest BCUT2D eigenvalue weighted by Crippen LogP contribution is -2.40. The van der Waals surface area contributed by atoms with Crippen LogP contribution in [0.1, 0.15) is 48.8 Å². The van der Waals surface area contributed by atoms with E-state index in [9.17, 15) is 9.59 Å². The fourth-order valence-corrected chi connectivity index (χ4v) is 4.03. The van der Waals surface area contributed by atoms with Crippen LogP contribution in [0.25, 0.3) is 16.6 Å². The third kappa shape index (κ3) is 3.27. The summed E-state index contributed by atoms with van der Waals surface area (Å²) >= 11 is 0. The quantitative estimate of drug-likeness (QED) is 0.714. The predicted octanol–water partition coefficient (Wildman–Crippen LogP) is 2.56. The molecule has 1 aromatic carbocycles. The maximum atomic E-state index is 13.1. The highest BCUT2D eigenvalue weighted by Gasteiger charge is 2.24. The number of nitrogens with zero attached hydrogens (tertiary/aromatic N) is 3. The van der Waals surface area contributed by atoms with E-state index in [0.717, 1.165) is 24.2 Å². The fourth-order valence-electron chi connectivity index (χ4n) is 4.03. The van der Waals surface area contributed by atoms with Gasteiger partial charge in [-0.05, 0) is 18.9 Å². The van der Waals surface area contributed by atoms with Gasteiger partial charge >= 0.3 is 0 Å². The van der Waals surface area contributed by atoms with E-state index >= 15 is 0 Å². The second kappa shape index (κ2) is 7.87. The Kier molecular flexibility index (Phi) is 5.27. The van der Waals surface area contributed by atoms with Gasteiger partial charge in [0.05, 0.1) is 43.1 Å². The van der Waals surface area contributed by atoms with Gasteiger partial charge in [0.25, 0.3) is 11.5 Å². The third-order valence-electron chi connectivity index (χ3n) is 5.71. The molecule has 0 radical (unpaired) electrons. The lowest BCUT2D eigenvalue weighted by Gasteiger charge is -2.27. The number of carbonyl (C=O) groups excluding carboxylic acids is 1. The van der Waals surface area contributed by atoms with Gasteiger partial charge in [-0.2, -0.15) is 0 Å². The molecule has 8 heteroatoms. The summed E-state index contributed by atoms with van der Waals surface area (Å²) in [5, 5.41) is 0. The molecule has 3 heterocycles. The minimum Gasteiger partial charge on any atom is -0.496 e. The Balaban J connectivity index is 1.94. The van der Waals surface area contributed by atoms with Crippen LogP contribution >= 0.6 is 0 Å². The molecular formula is C21H26N4O4. The first-order valence-corrected chi connectivity index (χ1v) is 10.1. The monoisotopic (exact) mass is 398 g/mol. The standard InChI is InChI=1S/C21H26N4O4/c1-4-13(5-2)19-22-12-17-20(26)23-15-10-14(18(28-3)11-16(15)25(17)19)21(27)24-6-8-29-9-7-24/h10-13H,4-9H2,1-3H3,(H,23,26). The highest BCUT2D eigenvalue weighted by Crippen LogP contribution is 2.29. The largest absolute Gasteiger partial charge is 0.496 e. The Labute approximate surface area is 168 Å². The van der Waals surface area contributed by atoms with Crippen LogP contribution in [0.3, 0.4) is 0 Å². The van der Waals surface area contributed by atoms with Crippen molar-refractivity contribution in [2.75, 3.05) is 33.4 Å². The zero-order chi connectivity index (χ0) is 20.5. The van der Waals surface area contributed by atoms with E-state index in [1.165, 1.54) is 0 Å². The number of hydrogen-bond acceptors (Lipinski definition) is 5.